The molecule has 0 bridgehead atoms. The normalized spacial score (nSPS) is 38.9. The molecule has 2 saturated heterocycles. The van der Waals surface area contributed by atoms with Crippen LogP contribution in [0.25, 0.3) is 0 Å². The van der Waals surface area contributed by atoms with E-state index in [4.69, 9.17) is 9.47 Å². The largest absolute Gasteiger partial charge is 0.393 e. The van der Waals surface area contributed by atoms with Gasteiger partial charge >= 0.3 is 0 Å². The zero-order chi connectivity index (χ0) is 20.4. The SMILES string of the molecule is CC1CC[C@H](O)O[C@H]([C@@H](C)CC2CCCO2)CCCCCCC[C@H](C)C[C@@H]1O. The van der Waals surface area contributed by atoms with E-state index in [1.165, 1.54) is 44.9 Å². The van der Waals surface area contributed by atoms with Crippen LogP contribution in [0.1, 0.15) is 104 Å². The highest BCUT2D eigenvalue weighted by atomic mass is 16.6. The number of aliphatic hydroxyl groups excluding tert-OH is 2. The third kappa shape index (κ3) is 9.11. The summed E-state index contributed by atoms with van der Waals surface area (Å²) in [5.74, 6) is 1.19. The predicted octanol–water partition coefficient (Wildman–Crippen LogP) is 5.44. The minimum Gasteiger partial charge on any atom is -0.393 e. The van der Waals surface area contributed by atoms with Gasteiger partial charge in [-0.1, -0.05) is 59.3 Å². The number of hydrogen-bond acceptors (Lipinski definition) is 4. The molecule has 0 aromatic rings. The lowest BCUT2D eigenvalue weighted by atomic mass is 9.88. The molecular formula is C24H46O4. The first-order valence-electron chi connectivity index (χ1n) is 12.1. The molecule has 2 unspecified atom stereocenters. The van der Waals surface area contributed by atoms with Crippen molar-refractivity contribution < 1.29 is 19.7 Å². The van der Waals surface area contributed by atoms with E-state index >= 15 is 0 Å². The standard InChI is InChI=1S/C24H46O4/c1-18-10-7-5-4-6-8-12-23(20(3)17-21-11-9-15-27-21)28-24(26)14-13-19(2)22(25)16-18/h18-26H,4-17H2,1-3H3/t18-,19?,20-,21?,22-,23-,24+/m0/s1. The van der Waals surface area contributed by atoms with Gasteiger partial charge in [-0.05, 0) is 62.7 Å². The molecule has 0 amide bonds. The molecule has 2 heterocycles. The first-order chi connectivity index (χ1) is 13.5. The van der Waals surface area contributed by atoms with Crippen LogP contribution in [0.3, 0.4) is 0 Å². The third-order valence-electron chi connectivity index (χ3n) is 6.98. The van der Waals surface area contributed by atoms with Crippen molar-refractivity contribution in [2.24, 2.45) is 17.8 Å². The monoisotopic (exact) mass is 398 g/mol. The van der Waals surface area contributed by atoms with E-state index in [1.807, 2.05) is 0 Å². The van der Waals surface area contributed by atoms with Crippen LogP contribution in [0.2, 0.25) is 0 Å². The van der Waals surface area contributed by atoms with Crippen molar-refractivity contribution in [3.8, 4) is 0 Å². The van der Waals surface area contributed by atoms with Crippen molar-refractivity contribution in [3.63, 3.8) is 0 Å². The molecule has 0 saturated carbocycles. The summed E-state index contributed by atoms with van der Waals surface area (Å²) in [5.41, 5.74) is 0. The van der Waals surface area contributed by atoms with Crippen molar-refractivity contribution in [1.82, 2.24) is 0 Å². The minimum atomic E-state index is -0.725. The van der Waals surface area contributed by atoms with E-state index in [9.17, 15) is 10.2 Å². The molecule has 0 radical (unpaired) electrons. The average Bonchev–Trinajstić information content (AvgIpc) is 3.16. The zero-order valence-electron chi connectivity index (χ0n) is 18.7. The Balaban J connectivity index is 1.89. The van der Waals surface area contributed by atoms with Gasteiger partial charge in [-0.2, -0.15) is 0 Å². The molecule has 166 valence electrons. The van der Waals surface area contributed by atoms with Gasteiger partial charge in [-0.25, -0.2) is 0 Å². The van der Waals surface area contributed by atoms with Crippen LogP contribution in [0.5, 0.6) is 0 Å². The van der Waals surface area contributed by atoms with Gasteiger partial charge in [-0.3, -0.25) is 0 Å². The molecule has 28 heavy (non-hydrogen) atoms. The van der Waals surface area contributed by atoms with E-state index in [2.05, 4.69) is 20.8 Å². The minimum absolute atomic E-state index is 0.104. The molecule has 0 aromatic heterocycles. The van der Waals surface area contributed by atoms with Crippen LogP contribution >= 0.6 is 0 Å². The topological polar surface area (TPSA) is 58.9 Å². The molecule has 4 heteroatoms. The Kier molecular flexibility index (Phi) is 11.4. The summed E-state index contributed by atoms with van der Waals surface area (Å²) in [5, 5.41) is 21.0. The molecule has 2 N–H and O–H groups in total. The Hall–Kier alpha value is -0.160. The van der Waals surface area contributed by atoms with Crippen molar-refractivity contribution in [2.45, 2.75) is 129 Å². The van der Waals surface area contributed by atoms with Crippen LogP contribution < -0.4 is 0 Å². The predicted molar refractivity (Wildman–Crippen MR) is 114 cm³/mol. The lowest BCUT2D eigenvalue weighted by Crippen LogP contribution is -2.31. The summed E-state index contributed by atoms with van der Waals surface area (Å²) in [7, 11) is 0. The Labute approximate surface area is 173 Å². The van der Waals surface area contributed by atoms with Crippen molar-refractivity contribution >= 4 is 0 Å². The molecule has 0 aliphatic carbocycles. The average molecular weight is 399 g/mol. The Morgan fingerprint density at radius 3 is 2.29 bits per heavy atom. The molecule has 4 nitrogen and oxygen atoms in total. The van der Waals surface area contributed by atoms with E-state index in [1.54, 1.807) is 0 Å². The molecule has 0 aromatic carbocycles. The first-order valence-corrected chi connectivity index (χ1v) is 12.1. The second-order valence-corrected chi connectivity index (χ2v) is 9.79. The quantitative estimate of drug-likeness (QED) is 0.664. The van der Waals surface area contributed by atoms with Crippen LogP contribution in [0, 0.1) is 17.8 Å². The van der Waals surface area contributed by atoms with Crippen molar-refractivity contribution in [3.05, 3.63) is 0 Å². The first kappa shape index (κ1) is 24.1. The maximum Gasteiger partial charge on any atom is 0.154 e. The summed E-state index contributed by atoms with van der Waals surface area (Å²) in [6.45, 7) is 7.51. The van der Waals surface area contributed by atoms with Crippen LogP contribution in [-0.2, 0) is 9.47 Å². The van der Waals surface area contributed by atoms with E-state index in [-0.39, 0.29) is 18.1 Å². The van der Waals surface area contributed by atoms with Gasteiger partial charge in [0.25, 0.3) is 0 Å². The summed E-state index contributed by atoms with van der Waals surface area (Å²) in [4.78, 5) is 0. The maximum absolute atomic E-state index is 10.5. The summed E-state index contributed by atoms with van der Waals surface area (Å²) >= 11 is 0. The van der Waals surface area contributed by atoms with Crippen LogP contribution in [0.15, 0.2) is 0 Å². The number of hydrogen-bond donors (Lipinski definition) is 2. The summed E-state index contributed by atoms with van der Waals surface area (Å²) < 4.78 is 12.0. The lowest BCUT2D eigenvalue weighted by Gasteiger charge is -2.29. The number of rotatable bonds is 3. The second kappa shape index (κ2) is 13.2. The molecule has 2 aliphatic heterocycles. The van der Waals surface area contributed by atoms with Gasteiger partial charge in [0.1, 0.15) is 0 Å². The Morgan fingerprint density at radius 2 is 1.57 bits per heavy atom. The third-order valence-corrected chi connectivity index (χ3v) is 6.98. The summed E-state index contributed by atoms with van der Waals surface area (Å²) in [6.07, 6.45) is 13.6. The van der Waals surface area contributed by atoms with Gasteiger partial charge in [0.15, 0.2) is 6.29 Å². The fraction of sp³-hybridized carbons (Fsp3) is 1.00. The van der Waals surface area contributed by atoms with E-state index < -0.39 is 6.29 Å². The Bertz CT molecular complexity index is 396. The highest BCUT2D eigenvalue weighted by Gasteiger charge is 2.27. The summed E-state index contributed by atoms with van der Waals surface area (Å²) in [6, 6.07) is 0. The van der Waals surface area contributed by atoms with Crippen LogP contribution in [-0.4, -0.2) is 41.4 Å². The highest BCUT2D eigenvalue weighted by molar-refractivity contribution is 4.75. The van der Waals surface area contributed by atoms with Gasteiger partial charge in [0.05, 0.1) is 18.3 Å². The second-order valence-electron chi connectivity index (χ2n) is 9.79. The Morgan fingerprint density at radius 1 is 0.857 bits per heavy atom. The van der Waals surface area contributed by atoms with Gasteiger partial charge < -0.3 is 19.7 Å². The number of ether oxygens (including phenoxy) is 2. The van der Waals surface area contributed by atoms with Gasteiger partial charge in [0, 0.05) is 6.61 Å². The fourth-order valence-corrected chi connectivity index (χ4v) is 4.88. The maximum atomic E-state index is 10.5. The van der Waals surface area contributed by atoms with Gasteiger partial charge in [-0.15, -0.1) is 0 Å². The van der Waals surface area contributed by atoms with Gasteiger partial charge in [0.2, 0.25) is 0 Å². The molecule has 2 aliphatic rings. The molecule has 0 spiro atoms. The number of aliphatic hydroxyl groups is 2. The molecule has 2 fully saturated rings. The fourth-order valence-electron chi connectivity index (χ4n) is 4.88. The van der Waals surface area contributed by atoms with Crippen LogP contribution in [0.4, 0.5) is 0 Å². The van der Waals surface area contributed by atoms with Crippen molar-refractivity contribution in [2.75, 3.05) is 6.61 Å². The van der Waals surface area contributed by atoms with Crippen molar-refractivity contribution in [1.29, 1.82) is 0 Å². The van der Waals surface area contributed by atoms with E-state index in [0.29, 0.717) is 24.4 Å². The lowest BCUT2D eigenvalue weighted by molar-refractivity contribution is -0.160. The molecule has 2 rings (SSSR count). The molecular weight excluding hydrogens is 352 g/mol. The van der Waals surface area contributed by atoms with E-state index in [0.717, 1.165) is 38.7 Å². The zero-order valence-corrected chi connectivity index (χ0v) is 18.7. The smallest absolute Gasteiger partial charge is 0.154 e. The molecule has 7 atom stereocenters. The highest BCUT2D eigenvalue weighted by Crippen LogP contribution is 2.28.